The lowest BCUT2D eigenvalue weighted by molar-refractivity contribution is 0.0904. The molecule has 0 radical (unpaired) electrons. The Balaban J connectivity index is 1.51. The predicted octanol–water partition coefficient (Wildman–Crippen LogP) is 2.68. The molecule has 140 valence electrons. The number of benzene rings is 1. The molecular weight excluding hydrogens is 340 g/mol. The van der Waals surface area contributed by atoms with E-state index in [2.05, 4.69) is 21.4 Å². The average molecular weight is 364 g/mol. The number of hydrogen-bond acceptors (Lipinski definition) is 7. The van der Waals surface area contributed by atoms with Gasteiger partial charge in [0.1, 0.15) is 5.82 Å². The fourth-order valence-corrected chi connectivity index (χ4v) is 3.32. The quantitative estimate of drug-likeness (QED) is 0.472. The molecule has 0 bridgehead atoms. The molecular formula is C20H24N6O. The van der Waals surface area contributed by atoms with E-state index in [0.29, 0.717) is 24.1 Å². The lowest BCUT2D eigenvalue weighted by Gasteiger charge is -2.25. The summed E-state index contributed by atoms with van der Waals surface area (Å²) in [5, 5.41) is 6.12. The van der Waals surface area contributed by atoms with Gasteiger partial charge in [0.25, 0.3) is 0 Å². The van der Waals surface area contributed by atoms with Gasteiger partial charge in [0.2, 0.25) is 0 Å². The van der Waals surface area contributed by atoms with Gasteiger partial charge in [-0.2, -0.15) is 0 Å². The Bertz CT molecular complexity index is 925. The molecule has 0 amide bonds. The van der Waals surface area contributed by atoms with Gasteiger partial charge in [0.05, 0.1) is 17.7 Å². The van der Waals surface area contributed by atoms with Gasteiger partial charge in [-0.15, -0.1) is 0 Å². The number of aromatic nitrogens is 2. The first-order valence-electron chi connectivity index (χ1n) is 9.16. The number of nitrogens with one attached hydrogen (secondary N) is 1. The Morgan fingerprint density at radius 1 is 1.15 bits per heavy atom. The third-order valence-electron chi connectivity index (χ3n) is 4.77. The number of fused-ring (bicyclic) bond motifs is 1. The number of rotatable bonds is 5. The average Bonchev–Trinajstić information content (AvgIpc) is 2.70. The van der Waals surface area contributed by atoms with E-state index in [4.69, 9.17) is 16.3 Å². The second-order valence-corrected chi connectivity index (χ2v) is 6.80. The van der Waals surface area contributed by atoms with Crippen LogP contribution in [0.1, 0.15) is 18.4 Å². The number of nitrogen functional groups attached to an aromatic ring is 1. The van der Waals surface area contributed by atoms with Crippen LogP contribution in [0.4, 0.5) is 17.3 Å². The molecule has 1 aromatic carbocycles. The summed E-state index contributed by atoms with van der Waals surface area (Å²) in [5.74, 6) is 7.65. The SMILES string of the molecule is Nc1ccc(NC2CCOCC2)nc1N(N)Cc1ccc2ncccc2c1. The van der Waals surface area contributed by atoms with Crippen molar-refractivity contribution in [2.75, 3.05) is 29.3 Å². The zero-order chi connectivity index (χ0) is 18.6. The molecule has 4 rings (SSSR count). The van der Waals surface area contributed by atoms with Crippen molar-refractivity contribution in [2.24, 2.45) is 5.84 Å². The Labute approximate surface area is 158 Å². The van der Waals surface area contributed by atoms with Gasteiger partial charge in [-0.05, 0) is 48.7 Å². The number of ether oxygens (including phenoxy) is 1. The summed E-state index contributed by atoms with van der Waals surface area (Å²) < 4.78 is 5.40. The highest BCUT2D eigenvalue weighted by Crippen LogP contribution is 2.24. The molecule has 1 fully saturated rings. The van der Waals surface area contributed by atoms with Crippen LogP contribution < -0.4 is 21.9 Å². The number of hydrogen-bond donors (Lipinski definition) is 3. The summed E-state index contributed by atoms with van der Waals surface area (Å²) in [4.78, 5) is 8.98. The van der Waals surface area contributed by atoms with E-state index in [1.165, 1.54) is 0 Å². The van der Waals surface area contributed by atoms with Gasteiger partial charge in [0, 0.05) is 30.8 Å². The van der Waals surface area contributed by atoms with Crippen LogP contribution in [0.3, 0.4) is 0 Å². The maximum Gasteiger partial charge on any atom is 0.168 e. The van der Waals surface area contributed by atoms with Gasteiger partial charge in [-0.3, -0.25) is 9.99 Å². The molecule has 7 heteroatoms. The first-order chi connectivity index (χ1) is 13.2. The largest absolute Gasteiger partial charge is 0.396 e. The molecule has 3 heterocycles. The Morgan fingerprint density at radius 2 is 2.00 bits per heavy atom. The molecule has 1 saturated heterocycles. The van der Waals surface area contributed by atoms with Crippen LogP contribution in [0.15, 0.2) is 48.7 Å². The second-order valence-electron chi connectivity index (χ2n) is 6.80. The van der Waals surface area contributed by atoms with E-state index in [9.17, 15) is 0 Å². The van der Waals surface area contributed by atoms with Crippen molar-refractivity contribution < 1.29 is 4.74 Å². The highest BCUT2D eigenvalue weighted by Gasteiger charge is 2.16. The third kappa shape index (κ3) is 4.10. The van der Waals surface area contributed by atoms with E-state index in [1.54, 1.807) is 11.2 Å². The van der Waals surface area contributed by atoms with Crippen molar-refractivity contribution in [1.29, 1.82) is 0 Å². The first-order valence-corrected chi connectivity index (χ1v) is 9.16. The highest BCUT2D eigenvalue weighted by molar-refractivity contribution is 5.79. The molecule has 5 N–H and O–H groups in total. The summed E-state index contributed by atoms with van der Waals surface area (Å²) in [7, 11) is 0. The molecule has 1 aliphatic rings. The molecule has 7 nitrogen and oxygen atoms in total. The Morgan fingerprint density at radius 3 is 2.85 bits per heavy atom. The normalized spacial score (nSPS) is 15.0. The molecule has 27 heavy (non-hydrogen) atoms. The van der Waals surface area contributed by atoms with Crippen LogP contribution in [-0.2, 0) is 11.3 Å². The van der Waals surface area contributed by atoms with E-state index in [-0.39, 0.29) is 0 Å². The van der Waals surface area contributed by atoms with Crippen LogP contribution in [0.2, 0.25) is 0 Å². The lowest BCUT2D eigenvalue weighted by atomic mass is 10.1. The molecule has 0 saturated carbocycles. The molecule has 3 aromatic rings. The smallest absolute Gasteiger partial charge is 0.168 e. The topological polar surface area (TPSA) is 102 Å². The number of hydrazine groups is 1. The monoisotopic (exact) mass is 364 g/mol. The van der Waals surface area contributed by atoms with E-state index in [1.807, 2.05) is 36.4 Å². The Kier molecular flexibility index (Phi) is 5.04. The van der Waals surface area contributed by atoms with Crippen LogP contribution in [-0.4, -0.2) is 29.2 Å². The molecule has 0 aliphatic carbocycles. The molecule has 0 atom stereocenters. The number of nitrogens with two attached hydrogens (primary N) is 2. The zero-order valence-electron chi connectivity index (χ0n) is 15.1. The summed E-state index contributed by atoms with van der Waals surface area (Å²) in [5.41, 5.74) is 8.71. The summed E-state index contributed by atoms with van der Waals surface area (Å²) >= 11 is 0. The van der Waals surface area contributed by atoms with Gasteiger partial charge in [0.15, 0.2) is 5.82 Å². The maximum absolute atomic E-state index is 6.30. The fraction of sp³-hybridized carbons (Fsp3) is 0.300. The van der Waals surface area contributed by atoms with Crippen molar-refractivity contribution >= 4 is 28.2 Å². The second kappa shape index (κ2) is 7.77. The van der Waals surface area contributed by atoms with Crippen LogP contribution in [0.25, 0.3) is 10.9 Å². The predicted molar refractivity (Wildman–Crippen MR) is 108 cm³/mol. The molecule has 0 spiro atoms. The van der Waals surface area contributed by atoms with Gasteiger partial charge in [-0.25, -0.2) is 10.8 Å². The first kappa shape index (κ1) is 17.5. The number of pyridine rings is 2. The lowest BCUT2D eigenvalue weighted by Crippen LogP contribution is -2.32. The fourth-order valence-electron chi connectivity index (χ4n) is 3.32. The minimum atomic E-state index is 0.363. The van der Waals surface area contributed by atoms with Gasteiger partial charge < -0.3 is 15.8 Å². The number of nitrogens with zero attached hydrogens (tertiary/aromatic N) is 3. The molecule has 0 unspecified atom stereocenters. The van der Waals surface area contributed by atoms with E-state index >= 15 is 0 Å². The standard InChI is InChI=1S/C20H24N6O/c21-17-4-6-19(24-16-7-10-27-11-8-16)25-20(17)26(22)13-14-3-5-18-15(12-14)2-1-9-23-18/h1-6,9,12,16H,7-8,10-11,13,21-22H2,(H,24,25). The Hall–Kier alpha value is -2.90. The van der Waals surface area contributed by atoms with Gasteiger partial charge >= 0.3 is 0 Å². The van der Waals surface area contributed by atoms with Crippen molar-refractivity contribution in [2.45, 2.75) is 25.4 Å². The van der Waals surface area contributed by atoms with Gasteiger partial charge in [-0.1, -0.05) is 12.1 Å². The third-order valence-corrected chi connectivity index (χ3v) is 4.77. The number of anilines is 3. The maximum atomic E-state index is 6.30. The molecule has 2 aromatic heterocycles. The summed E-state index contributed by atoms with van der Waals surface area (Å²) in [6.07, 6.45) is 3.73. The molecule has 1 aliphatic heterocycles. The van der Waals surface area contributed by atoms with Crippen LogP contribution in [0, 0.1) is 0 Å². The van der Waals surface area contributed by atoms with Crippen molar-refractivity contribution in [3.05, 3.63) is 54.2 Å². The minimum absolute atomic E-state index is 0.363. The van der Waals surface area contributed by atoms with Crippen LogP contribution >= 0.6 is 0 Å². The van der Waals surface area contributed by atoms with Crippen molar-refractivity contribution in [3.8, 4) is 0 Å². The zero-order valence-corrected chi connectivity index (χ0v) is 15.1. The highest BCUT2D eigenvalue weighted by atomic mass is 16.5. The van der Waals surface area contributed by atoms with Crippen molar-refractivity contribution in [1.82, 2.24) is 9.97 Å². The summed E-state index contributed by atoms with van der Waals surface area (Å²) in [6.45, 7) is 2.06. The van der Waals surface area contributed by atoms with E-state index in [0.717, 1.165) is 48.3 Å². The van der Waals surface area contributed by atoms with Crippen molar-refractivity contribution in [3.63, 3.8) is 0 Å². The summed E-state index contributed by atoms with van der Waals surface area (Å²) in [6, 6.07) is 14.2. The van der Waals surface area contributed by atoms with Crippen LogP contribution in [0.5, 0.6) is 0 Å². The minimum Gasteiger partial charge on any atom is -0.396 e. The van der Waals surface area contributed by atoms with E-state index < -0.39 is 0 Å².